The number of carbonyl (C=O) groups is 2. The standard InChI is InChI=1S/C29H45FN2O4Si/c1-21-25(15-14-22-10-8-11-23(18-22)31-16-7-5-4-6-13-27(31)34)36-26(29(21)37(2,3)30)19-28(35)32-17-9-12-24(32)20-33/h8,10-11,18,21,24-26,29,33H,4-7,9,12-17,19-20H2,1-3H3/t21-,24-,25+,26-,29+/m0/s1. The number of benzene rings is 1. The summed E-state index contributed by atoms with van der Waals surface area (Å²) in [5.74, 6) is 0.218. The van der Waals surface area contributed by atoms with Crippen LogP contribution >= 0.6 is 0 Å². The first kappa shape index (κ1) is 28.2. The van der Waals surface area contributed by atoms with E-state index in [2.05, 4.69) is 19.1 Å². The van der Waals surface area contributed by atoms with Gasteiger partial charge in [0, 0.05) is 30.7 Å². The Bertz CT molecular complexity index is 939. The maximum Gasteiger partial charge on any atom is 0.246 e. The van der Waals surface area contributed by atoms with Crippen LogP contribution in [0, 0.1) is 5.92 Å². The molecule has 0 bridgehead atoms. The number of nitrogens with zero attached hydrogens (tertiary/aromatic N) is 2. The van der Waals surface area contributed by atoms with Gasteiger partial charge in [0.1, 0.15) is 0 Å². The molecular weight excluding hydrogens is 487 g/mol. The maximum atomic E-state index is 15.5. The van der Waals surface area contributed by atoms with Crippen molar-refractivity contribution in [2.75, 3.05) is 24.6 Å². The molecule has 8 heteroatoms. The first-order chi connectivity index (χ1) is 17.7. The molecule has 3 saturated heterocycles. The summed E-state index contributed by atoms with van der Waals surface area (Å²) >= 11 is 0. The number of aryl methyl sites for hydroxylation is 1. The number of ether oxygens (including phenoxy) is 1. The lowest BCUT2D eigenvalue weighted by Gasteiger charge is -2.30. The molecule has 206 valence electrons. The van der Waals surface area contributed by atoms with Crippen molar-refractivity contribution in [1.29, 1.82) is 0 Å². The summed E-state index contributed by atoms with van der Waals surface area (Å²) in [6, 6.07) is 8.12. The fourth-order valence-corrected chi connectivity index (χ4v) is 9.39. The van der Waals surface area contributed by atoms with Gasteiger partial charge in [0.25, 0.3) is 0 Å². The number of aliphatic hydroxyl groups excluding tert-OH is 1. The predicted molar refractivity (Wildman–Crippen MR) is 147 cm³/mol. The van der Waals surface area contributed by atoms with Crippen LogP contribution in [-0.4, -0.2) is 68.2 Å². The number of rotatable bonds is 8. The third-order valence-electron chi connectivity index (χ3n) is 8.74. The number of amides is 2. The van der Waals surface area contributed by atoms with Crippen LogP contribution in [0.4, 0.5) is 9.80 Å². The van der Waals surface area contributed by atoms with Crippen LogP contribution < -0.4 is 4.90 Å². The molecule has 3 fully saturated rings. The SMILES string of the molecule is C[C@@H]1[C@@H]([Si](C)(C)F)[C@H](CC(=O)N2CCC[C@H]2CO)O[C@@H]1CCc1cccc(N2CCCCCCC2=O)c1. The molecule has 3 heterocycles. The normalized spacial score (nSPS) is 29.4. The molecule has 0 spiro atoms. The summed E-state index contributed by atoms with van der Waals surface area (Å²) in [5, 5.41) is 9.63. The highest BCUT2D eigenvalue weighted by Gasteiger charge is 2.52. The second-order valence-electron chi connectivity index (χ2n) is 11.9. The van der Waals surface area contributed by atoms with Gasteiger partial charge in [-0.25, -0.2) is 0 Å². The molecule has 5 atom stereocenters. The lowest BCUT2D eigenvalue weighted by Crippen LogP contribution is -2.42. The van der Waals surface area contributed by atoms with Gasteiger partial charge >= 0.3 is 0 Å². The zero-order valence-corrected chi connectivity index (χ0v) is 23.8. The molecule has 1 aromatic rings. The van der Waals surface area contributed by atoms with Crippen LogP contribution in [0.25, 0.3) is 0 Å². The summed E-state index contributed by atoms with van der Waals surface area (Å²) in [4.78, 5) is 29.5. The second-order valence-corrected chi connectivity index (χ2v) is 15.6. The van der Waals surface area contributed by atoms with Crippen LogP contribution in [-0.2, 0) is 20.7 Å². The summed E-state index contributed by atoms with van der Waals surface area (Å²) < 4.78 is 22.0. The fourth-order valence-electron chi connectivity index (χ4n) is 6.84. The first-order valence-electron chi connectivity index (χ1n) is 14.3. The van der Waals surface area contributed by atoms with E-state index in [1.54, 1.807) is 18.0 Å². The average Bonchev–Trinajstić information content (AvgIpc) is 3.44. The molecule has 3 aliphatic rings. The number of anilines is 1. The van der Waals surface area contributed by atoms with Crippen molar-refractivity contribution < 1.29 is 23.5 Å². The van der Waals surface area contributed by atoms with Crippen molar-refractivity contribution >= 4 is 25.9 Å². The van der Waals surface area contributed by atoms with E-state index in [9.17, 15) is 14.7 Å². The van der Waals surface area contributed by atoms with Crippen molar-refractivity contribution in [3.05, 3.63) is 29.8 Å². The van der Waals surface area contributed by atoms with E-state index in [0.717, 1.165) is 69.2 Å². The summed E-state index contributed by atoms with van der Waals surface area (Å²) in [5.41, 5.74) is 1.88. The summed E-state index contributed by atoms with van der Waals surface area (Å²) in [6.07, 6.45) is 7.83. The van der Waals surface area contributed by atoms with Crippen molar-refractivity contribution in [3.8, 4) is 0 Å². The molecule has 4 rings (SSSR count). The number of aliphatic hydroxyl groups is 1. The Labute approximate surface area is 222 Å². The Balaban J connectivity index is 1.41. The topological polar surface area (TPSA) is 70.1 Å². The van der Waals surface area contributed by atoms with Crippen LogP contribution in [0.2, 0.25) is 18.6 Å². The van der Waals surface area contributed by atoms with Crippen LogP contribution in [0.3, 0.4) is 0 Å². The minimum absolute atomic E-state index is 0.0227. The van der Waals surface area contributed by atoms with E-state index in [0.29, 0.717) is 13.0 Å². The molecule has 0 aliphatic carbocycles. The smallest absolute Gasteiger partial charge is 0.246 e. The van der Waals surface area contributed by atoms with E-state index in [1.807, 2.05) is 17.0 Å². The quantitative estimate of drug-likeness (QED) is 0.367. The Hall–Kier alpha value is -1.77. The van der Waals surface area contributed by atoms with Gasteiger partial charge in [-0.05, 0) is 75.2 Å². The maximum absolute atomic E-state index is 15.5. The highest BCUT2D eigenvalue weighted by atomic mass is 28.4. The highest BCUT2D eigenvalue weighted by Crippen LogP contribution is 2.47. The summed E-state index contributed by atoms with van der Waals surface area (Å²) in [7, 11) is -3.07. The molecule has 1 aromatic carbocycles. The summed E-state index contributed by atoms with van der Waals surface area (Å²) in [6.45, 7) is 6.95. The Morgan fingerprint density at radius 3 is 2.68 bits per heavy atom. The van der Waals surface area contributed by atoms with Crippen molar-refractivity contribution in [3.63, 3.8) is 0 Å². The largest absolute Gasteiger partial charge is 0.394 e. The van der Waals surface area contributed by atoms with Gasteiger partial charge in [0.15, 0.2) is 0 Å². The molecule has 37 heavy (non-hydrogen) atoms. The molecule has 3 aliphatic heterocycles. The zero-order chi connectivity index (χ0) is 26.6. The number of hydrogen-bond acceptors (Lipinski definition) is 4. The molecule has 6 nitrogen and oxygen atoms in total. The van der Waals surface area contributed by atoms with Gasteiger partial charge in [-0.1, -0.05) is 31.9 Å². The molecule has 0 unspecified atom stereocenters. The van der Waals surface area contributed by atoms with Gasteiger partial charge in [0.05, 0.1) is 31.3 Å². The number of hydrogen-bond donors (Lipinski definition) is 1. The van der Waals surface area contributed by atoms with Gasteiger partial charge in [-0.2, -0.15) is 0 Å². The number of carbonyl (C=O) groups excluding carboxylic acids is 2. The van der Waals surface area contributed by atoms with Gasteiger partial charge in [-0.3, -0.25) is 9.59 Å². The lowest BCUT2D eigenvalue weighted by molar-refractivity contribution is -0.135. The minimum atomic E-state index is -3.07. The molecule has 0 saturated carbocycles. The van der Waals surface area contributed by atoms with E-state index in [-0.39, 0.29) is 48.4 Å². The highest BCUT2D eigenvalue weighted by molar-refractivity contribution is 6.72. The Morgan fingerprint density at radius 2 is 1.92 bits per heavy atom. The van der Waals surface area contributed by atoms with Crippen molar-refractivity contribution in [1.82, 2.24) is 4.90 Å². The fraction of sp³-hybridized carbons (Fsp3) is 0.724. The molecule has 0 aromatic heterocycles. The number of likely N-dealkylation sites (tertiary alicyclic amines) is 1. The van der Waals surface area contributed by atoms with Crippen molar-refractivity contribution in [2.45, 2.75) is 108 Å². The van der Waals surface area contributed by atoms with E-state index < -0.39 is 14.5 Å². The third-order valence-corrected chi connectivity index (χ3v) is 11.2. The molecular formula is C29H45FN2O4Si. The lowest BCUT2D eigenvalue weighted by atomic mass is 9.95. The number of halogens is 1. The third kappa shape index (κ3) is 6.81. The van der Waals surface area contributed by atoms with Crippen LogP contribution in [0.15, 0.2) is 24.3 Å². The second kappa shape index (κ2) is 12.4. The minimum Gasteiger partial charge on any atom is -0.394 e. The van der Waals surface area contributed by atoms with Gasteiger partial charge < -0.3 is 23.8 Å². The Morgan fingerprint density at radius 1 is 1.14 bits per heavy atom. The van der Waals surface area contributed by atoms with Gasteiger partial charge in [0.2, 0.25) is 20.2 Å². The van der Waals surface area contributed by atoms with Crippen molar-refractivity contribution in [2.24, 2.45) is 5.92 Å². The van der Waals surface area contributed by atoms with Gasteiger partial charge in [-0.15, -0.1) is 0 Å². The van der Waals surface area contributed by atoms with Crippen LogP contribution in [0.1, 0.15) is 70.3 Å². The molecule has 0 radical (unpaired) electrons. The van der Waals surface area contributed by atoms with E-state index >= 15 is 4.11 Å². The molecule has 1 N–H and O–H groups in total. The van der Waals surface area contributed by atoms with Crippen LogP contribution in [0.5, 0.6) is 0 Å². The predicted octanol–water partition coefficient (Wildman–Crippen LogP) is 5.24. The van der Waals surface area contributed by atoms with E-state index in [1.165, 1.54) is 0 Å². The monoisotopic (exact) mass is 532 g/mol. The zero-order valence-electron chi connectivity index (χ0n) is 22.8. The van der Waals surface area contributed by atoms with E-state index in [4.69, 9.17) is 4.74 Å². The molecule has 2 amide bonds. The first-order valence-corrected chi connectivity index (χ1v) is 17.3. The Kier molecular flexibility index (Phi) is 9.46. The average molecular weight is 533 g/mol.